The molecule has 0 aromatic rings. The van der Waals surface area contributed by atoms with Crippen LogP contribution < -0.4 is 5.73 Å². The van der Waals surface area contributed by atoms with Crippen LogP contribution in [0.15, 0.2) is 0 Å². The van der Waals surface area contributed by atoms with Crippen LogP contribution in [0.3, 0.4) is 0 Å². The summed E-state index contributed by atoms with van der Waals surface area (Å²) in [6, 6.07) is 0. The summed E-state index contributed by atoms with van der Waals surface area (Å²) in [6.07, 6.45) is 1.06. The second kappa shape index (κ2) is 7.43. The summed E-state index contributed by atoms with van der Waals surface area (Å²) < 4.78 is 4.91. The number of hydrogen-bond acceptors (Lipinski definition) is 2. The maximum Gasteiger partial charge on any atom is 0.177 e. The summed E-state index contributed by atoms with van der Waals surface area (Å²) in [5, 5.41) is 0. The average molecular weight is 156 g/mol. The first-order chi connectivity index (χ1) is 3.31. The van der Waals surface area contributed by atoms with Crippen molar-refractivity contribution in [2.75, 3.05) is 7.11 Å². The maximum atomic E-state index is 5.52. The lowest BCUT2D eigenvalue weighted by Gasteiger charge is -2.02. The van der Waals surface area contributed by atoms with E-state index in [1.54, 1.807) is 7.11 Å². The molecule has 0 aliphatic carbocycles. The van der Waals surface area contributed by atoms with Crippen LogP contribution in [0.2, 0.25) is 0 Å². The van der Waals surface area contributed by atoms with Crippen molar-refractivity contribution >= 4 is 22.2 Å². The van der Waals surface area contributed by atoms with Gasteiger partial charge in [-0.2, -0.15) is 0 Å². The van der Waals surface area contributed by atoms with E-state index in [-0.39, 0.29) is 22.2 Å². The van der Waals surface area contributed by atoms with E-state index < -0.39 is 0 Å². The Labute approximate surface area is 59.1 Å². The van der Waals surface area contributed by atoms with Gasteiger partial charge in [0.2, 0.25) is 0 Å². The molecule has 0 heterocycles. The molecular weight excluding hydrogens is 142 g/mol. The average Bonchev–Trinajstić information content (AvgIpc) is 1.68. The van der Waals surface area contributed by atoms with E-state index in [9.17, 15) is 0 Å². The monoisotopic (exact) mass is 155 g/mol. The molecule has 0 spiro atoms. The summed E-state index contributed by atoms with van der Waals surface area (Å²) in [5.74, 6) is 0. The Kier molecular flexibility index (Phi) is 10.4. The molecule has 0 radical (unpaired) electrons. The summed E-state index contributed by atoms with van der Waals surface area (Å²) in [4.78, 5) is 0. The molecule has 0 bridgehead atoms. The Morgan fingerprint density at radius 3 is 2.38 bits per heavy atom. The largest absolute Gasteiger partial charge is 0.426 e. The van der Waals surface area contributed by atoms with Crippen molar-refractivity contribution in [1.29, 1.82) is 0 Å². The van der Waals surface area contributed by atoms with Gasteiger partial charge in [-0.1, -0.05) is 6.92 Å². The first-order valence-electron chi connectivity index (χ1n) is 2.55. The fourth-order valence-electron chi connectivity index (χ4n) is 0.332. The molecule has 0 aliphatic heterocycles. The molecule has 8 heavy (non-hydrogen) atoms. The van der Waals surface area contributed by atoms with Gasteiger partial charge in [-0.3, -0.25) is 0 Å². The maximum absolute atomic E-state index is 5.52. The van der Waals surface area contributed by atoms with E-state index in [1.165, 1.54) is 0 Å². The van der Waals surface area contributed by atoms with Crippen LogP contribution in [0.5, 0.6) is 0 Å². The minimum atomic E-state index is -0.376. The van der Waals surface area contributed by atoms with Crippen molar-refractivity contribution in [3.63, 3.8) is 0 Å². The van der Waals surface area contributed by atoms with Crippen molar-refractivity contribution in [3.8, 4) is 0 Å². The Balaban J connectivity index is 0. The lowest BCUT2D eigenvalue weighted by atomic mass is 10.5. The van der Waals surface area contributed by atoms with E-state index in [4.69, 9.17) is 10.2 Å². The zero-order valence-corrected chi connectivity index (χ0v) is 7.62. The normalized spacial score (nSPS) is 13.9. The van der Waals surface area contributed by atoms with E-state index in [0.717, 1.165) is 6.42 Å². The third kappa shape index (κ3) is 6.43. The van der Waals surface area contributed by atoms with Gasteiger partial charge < -0.3 is 10.2 Å². The minimum absolute atomic E-state index is 0. The molecule has 2 nitrogen and oxygen atoms in total. The highest BCUT2D eigenvalue weighted by molar-refractivity contribution is 6.29. The quantitative estimate of drug-likeness (QED) is 0.575. The van der Waals surface area contributed by atoms with Crippen molar-refractivity contribution in [1.82, 2.24) is 0 Å². The number of halogens is 1. The molecule has 52 valence electrons. The third-order valence-electron chi connectivity index (χ3n) is 0.905. The summed E-state index contributed by atoms with van der Waals surface area (Å²) in [5.41, 5.74) is 5.89. The second-order valence-electron chi connectivity index (χ2n) is 1.62. The molecule has 1 atom stereocenters. The number of rotatable bonds is 3. The van der Waals surface area contributed by atoms with Gasteiger partial charge in [-0.05, 0) is 6.42 Å². The van der Waals surface area contributed by atoms with E-state index in [1.807, 2.05) is 0 Å². The Hall–Kier alpha value is 0.427. The van der Waals surface area contributed by atoms with E-state index in [2.05, 4.69) is 6.92 Å². The standard InChI is InChI=1S/C4H13NOSi.ClH/c1-3-4(5)7-6-2;/h4H,3,5,7H2,1-2H3;1H. The summed E-state index contributed by atoms with van der Waals surface area (Å²) in [6.45, 7) is 2.08. The van der Waals surface area contributed by atoms with E-state index in [0.29, 0.717) is 5.67 Å². The third-order valence-corrected chi connectivity index (χ3v) is 2.24. The molecule has 0 saturated carbocycles. The lowest BCUT2D eigenvalue weighted by molar-refractivity contribution is 0.430. The number of hydrogen-bond donors (Lipinski definition) is 1. The van der Waals surface area contributed by atoms with Gasteiger partial charge in [0.25, 0.3) is 0 Å². The second-order valence-corrected chi connectivity index (χ2v) is 3.58. The zero-order valence-electron chi connectivity index (χ0n) is 5.39. The molecule has 0 aliphatic rings. The van der Waals surface area contributed by atoms with Crippen LogP contribution in [0.1, 0.15) is 13.3 Å². The molecule has 0 rings (SSSR count). The predicted octanol–water partition coefficient (Wildman–Crippen LogP) is -0.167. The van der Waals surface area contributed by atoms with Gasteiger partial charge >= 0.3 is 0 Å². The van der Waals surface area contributed by atoms with Crippen LogP contribution in [0.4, 0.5) is 0 Å². The molecule has 0 aromatic heterocycles. The molecule has 0 amide bonds. The van der Waals surface area contributed by atoms with Crippen LogP contribution in [-0.2, 0) is 4.43 Å². The molecule has 0 saturated heterocycles. The Morgan fingerprint density at radius 1 is 1.75 bits per heavy atom. The zero-order chi connectivity index (χ0) is 5.70. The molecular formula is C4H14ClNOSi. The molecule has 2 N–H and O–H groups in total. The smallest absolute Gasteiger partial charge is 0.177 e. The van der Waals surface area contributed by atoms with Crippen molar-refractivity contribution in [2.24, 2.45) is 5.73 Å². The van der Waals surface area contributed by atoms with Crippen molar-refractivity contribution < 1.29 is 4.43 Å². The fraction of sp³-hybridized carbons (Fsp3) is 1.00. The summed E-state index contributed by atoms with van der Waals surface area (Å²) >= 11 is 0. The van der Waals surface area contributed by atoms with Gasteiger partial charge in [0.15, 0.2) is 9.76 Å². The number of nitrogens with two attached hydrogens (primary N) is 1. The van der Waals surface area contributed by atoms with Gasteiger partial charge in [-0.15, -0.1) is 12.4 Å². The van der Waals surface area contributed by atoms with Crippen LogP contribution in [0.25, 0.3) is 0 Å². The molecule has 0 aromatic carbocycles. The SMILES string of the molecule is CCC(N)[SiH2]OC.Cl. The van der Waals surface area contributed by atoms with Gasteiger partial charge in [-0.25, -0.2) is 0 Å². The van der Waals surface area contributed by atoms with E-state index >= 15 is 0 Å². The molecule has 1 unspecified atom stereocenters. The first kappa shape index (κ1) is 11.3. The predicted molar refractivity (Wildman–Crippen MR) is 41.1 cm³/mol. The van der Waals surface area contributed by atoms with Crippen LogP contribution >= 0.6 is 12.4 Å². The highest BCUT2D eigenvalue weighted by atomic mass is 35.5. The van der Waals surface area contributed by atoms with Gasteiger partial charge in [0.1, 0.15) is 0 Å². The Bertz CT molecular complexity index is 47.0. The topological polar surface area (TPSA) is 35.2 Å². The van der Waals surface area contributed by atoms with Crippen molar-refractivity contribution in [3.05, 3.63) is 0 Å². The van der Waals surface area contributed by atoms with Gasteiger partial charge in [0.05, 0.1) is 0 Å². The van der Waals surface area contributed by atoms with Gasteiger partial charge in [0, 0.05) is 12.8 Å². The fourth-order valence-corrected chi connectivity index (χ4v) is 0.996. The van der Waals surface area contributed by atoms with Crippen LogP contribution in [0, 0.1) is 0 Å². The molecule has 0 fully saturated rings. The highest BCUT2D eigenvalue weighted by Crippen LogP contribution is 1.80. The van der Waals surface area contributed by atoms with Crippen LogP contribution in [-0.4, -0.2) is 22.5 Å². The minimum Gasteiger partial charge on any atom is -0.426 e. The molecule has 4 heteroatoms. The summed E-state index contributed by atoms with van der Waals surface area (Å²) in [7, 11) is 1.35. The first-order valence-corrected chi connectivity index (χ1v) is 3.95. The lowest BCUT2D eigenvalue weighted by Crippen LogP contribution is -2.27. The van der Waals surface area contributed by atoms with Crippen molar-refractivity contribution in [2.45, 2.75) is 19.0 Å². The Morgan fingerprint density at radius 2 is 2.25 bits per heavy atom. The highest BCUT2D eigenvalue weighted by Gasteiger charge is 1.95.